The lowest BCUT2D eigenvalue weighted by molar-refractivity contribution is 0.234. The molecule has 0 aromatic heterocycles. The average Bonchev–Trinajstić information content (AvgIpc) is 2.55. The third-order valence-electron chi connectivity index (χ3n) is 3.22. The molecule has 0 bridgehead atoms. The summed E-state index contributed by atoms with van der Waals surface area (Å²) in [6, 6.07) is 12.3. The van der Waals surface area contributed by atoms with Gasteiger partial charge in [0, 0.05) is 5.02 Å². The molecule has 2 N–H and O–H groups in total. The number of rotatable bonds is 6. The predicted octanol–water partition coefficient (Wildman–Crippen LogP) is 4.07. The third kappa shape index (κ3) is 4.79. The van der Waals surface area contributed by atoms with Crippen LogP contribution >= 0.6 is 11.6 Å². The topological polar surface area (TPSA) is 59.6 Å². The standard InChI is InChI=1S/C17H19ClN2O3/c1-3-12-6-4-5-7-15(12)23-11-19-17(21)20-14-10-13(18)8-9-16(14)22-2/h4-10H,3,11H2,1-2H3,(H2,19,20,21). The smallest absolute Gasteiger partial charge is 0.321 e. The Balaban J connectivity index is 1.89. The maximum absolute atomic E-state index is 11.9. The molecule has 0 heterocycles. The van der Waals surface area contributed by atoms with Crippen molar-refractivity contribution in [1.82, 2.24) is 5.32 Å². The van der Waals surface area contributed by atoms with Gasteiger partial charge in [-0.25, -0.2) is 4.79 Å². The van der Waals surface area contributed by atoms with Crippen LogP contribution in [0.3, 0.4) is 0 Å². The van der Waals surface area contributed by atoms with Gasteiger partial charge >= 0.3 is 6.03 Å². The van der Waals surface area contributed by atoms with E-state index in [9.17, 15) is 4.79 Å². The number of carbonyl (C=O) groups excluding carboxylic acids is 1. The summed E-state index contributed by atoms with van der Waals surface area (Å²) in [5.74, 6) is 1.29. The SMILES string of the molecule is CCc1ccccc1OCNC(=O)Nc1cc(Cl)ccc1OC. The molecule has 0 spiro atoms. The van der Waals surface area contributed by atoms with Gasteiger partial charge in [0.05, 0.1) is 12.8 Å². The Hall–Kier alpha value is -2.40. The van der Waals surface area contributed by atoms with Crippen LogP contribution < -0.4 is 20.1 Å². The van der Waals surface area contributed by atoms with Gasteiger partial charge in [-0.1, -0.05) is 36.7 Å². The van der Waals surface area contributed by atoms with Crippen molar-refractivity contribution in [3.8, 4) is 11.5 Å². The van der Waals surface area contributed by atoms with E-state index in [0.717, 1.165) is 17.7 Å². The molecule has 0 aliphatic carbocycles. The largest absolute Gasteiger partial charge is 0.495 e. The fraction of sp³-hybridized carbons (Fsp3) is 0.235. The van der Waals surface area contributed by atoms with Gasteiger partial charge < -0.3 is 20.1 Å². The van der Waals surface area contributed by atoms with Crippen molar-refractivity contribution in [2.45, 2.75) is 13.3 Å². The molecule has 0 radical (unpaired) electrons. The maximum Gasteiger partial charge on any atom is 0.321 e. The molecule has 2 aromatic rings. The Labute approximate surface area is 140 Å². The summed E-state index contributed by atoms with van der Waals surface area (Å²) in [5.41, 5.74) is 1.58. The van der Waals surface area contributed by atoms with Crippen LogP contribution in [0.25, 0.3) is 0 Å². The normalized spacial score (nSPS) is 10.0. The Bertz CT molecular complexity index is 677. The highest BCUT2D eigenvalue weighted by atomic mass is 35.5. The molecule has 6 heteroatoms. The fourth-order valence-corrected chi connectivity index (χ4v) is 2.23. The Morgan fingerprint density at radius 2 is 1.96 bits per heavy atom. The van der Waals surface area contributed by atoms with Crippen molar-refractivity contribution < 1.29 is 14.3 Å². The monoisotopic (exact) mass is 334 g/mol. The highest BCUT2D eigenvalue weighted by Gasteiger charge is 2.08. The number of para-hydroxylation sites is 1. The first-order chi connectivity index (χ1) is 11.1. The lowest BCUT2D eigenvalue weighted by atomic mass is 10.1. The van der Waals surface area contributed by atoms with E-state index in [4.69, 9.17) is 21.1 Å². The zero-order valence-electron chi connectivity index (χ0n) is 13.1. The molecule has 5 nitrogen and oxygen atoms in total. The van der Waals surface area contributed by atoms with Gasteiger partial charge in [-0.05, 0) is 36.2 Å². The molecule has 0 saturated heterocycles. The van der Waals surface area contributed by atoms with Crippen molar-refractivity contribution in [3.05, 3.63) is 53.1 Å². The number of carbonyl (C=O) groups is 1. The summed E-state index contributed by atoms with van der Waals surface area (Å²) < 4.78 is 10.8. The van der Waals surface area contributed by atoms with Crippen LogP contribution in [-0.2, 0) is 6.42 Å². The number of hydrogen-bond donors (Lipinski definition) is 2. The minimum atomic E-state index is -0.403. The van der Waals surface area contributed by atoms with Crippen LogP contribution in [0.4, 0.5) is 10.5 Å². The van der Waals surface area contributed by atoms with Crippen LogP contribution in [0.15, 0.2) is 42.5 Å². The molecule has 0 unspecified atom stereocenters. The second kappa shape index (κ2) is 8.29. The average molecular weight is 335 g/mol. The van der Waals surface area contributed by atoms with E-state index in [-0.39, 0.29) is 6.73 Å². The minimum absolute atomic E-state index is 0.0612. The Morgan fingerprint density at radius 1 is 1.17 bits per heavy atom. The Morgan fingerprint density at radius 3 is 2.70 bits per heavy atom. The number of methoxy groups -OCH3 is 1. The van der Waals surface area contributed by atoms with Crippen LogP contribution in [0.5, 0.6) is 11.5 Å². The van der Waals surface area contributed by atoms with Crippen LogP contribution in [0.1, 0.15) is 12.5 Å². The molecule has 23 heavy (non-hydrogen) atoms. The van der Waals surface area contributed by atoms with E-state index in [1.54, 1.807) is 18.2 Å². The van der Waals surface area contributed by atoms with E-state index in [0.29, 0.717) is 16.5 Å². The van der Waals surface area contributed by atoms with Gasteiger partial charge in [-0.2, -0.15) is 0 Å². The van der Waals surface area contributed by atoms with Crippen molar-refractivity contribution in [1.29, 1.82) is 0 Å². The van der Waals surface area contributed by atoms with Crippen LogP contribution in [0, 0.1) is 0 Å². The fourth-order valence-electron chi connectivity index (χ4n) is 2.06. The van der Waals surface area contributed by atoms with Gasteiger partial charge in [0.25, 0.3) is 0 Å². The molecule has 2 amide bonds. The lowest BCUT2D eigenvalue weighted by Gasteiger charge is -2.13. The lowest BCUT2D eigenvalue weighted by Crippen LogP contribution is -2.32. The molecule has 0 aliphatic heterocycles. The number of urea groups is 1. The summed E-state index contributed by atoms with van der Waals surface area (Å²) in [4.78, 5) is 11.9. The summed E-state index contributed by atoms with van der Waals surface area (Å²) in [7, 11) is 1.52. The Kier molecular flexibility index (Phi) is 6.11. The third-order valence-corrected chi connectivity index (χ3v) is 3.46. The second-order valence-electron chi connectivity index (χ2n) is 4.73. The van der Waals surface area contributed by atoms with Gasteiger partial charge in [0.1, 0.15) is 11.5 Å². The number of benzene rings is 2. The molecular weight excluding hydrogens is 316 g/mol. The molecule has 2 rings (SSSR count). The summed E-state index contributed by atoms with van der Waals surface area (Å²) in [6.45, 7) is 2.11. The second-order valence-corrected chi connectivity index (χ2v) is 5.16. The quantitative estimate of drug-likeness (QED) is 0.783. The van der Waals surface area contributed by atoms with E-state index in [1.807, 2.05) is 31.2 Å². The molecule has 0 fully saturated rings. The van der Waals surface area contributed by atoms with Crippen molar-refractivity contribution in [2.24, 2.45) is 0 Å². The number of hydrogen-bond acceptors (Lipinski definition) is 3. The highest BCUT2D eigenvalue weighted by Crippen LogP contribution is 2.27. The first-order valence-electron chi connectivity index (χ1n) is 7.23. The first kappa shape index (κ1) is 17.0. The molecular formula is C17H19ClN2O3. The predicted molar refractivity (Wildman–Crippen MR) is 91.5 cm³/mol. The van der Waals surface area contributed by atoms with Gasteiger partial charge in [0.15, 0.2) is 6.73 Å². The van der Waals surface area contributed by atoms with Crippen molar-refractivity contribution in [3.63, 3.8) is 0 Å². The van der Waals surface area contributed by atoms with E-state index >= 15 is 0 Å². The summed E-state index contributed by atoms with van der Waals surface area (Å²) >= 11 is 5.92. The summed E-state index contributed by atoms with van der Waals surface area (Å²) in [6.07, 6.45) is 0.863. The number of amides is 2. The number of aryl methyl sites for hydroxylation is 1. The first-order valence-corrected chi connectivity index (χ1v) is 7.61. The molecule has 0 atom stereocenters. The van der Waals surface area contributed by atoms with Gasteiger partial charge in [-0.3, -0.25) is 0 Å². The highest BCUT2D eigenvalue weighted by molar-refractivity contribution is 6.31. The zero-order valence-corrected chi connectivity index (χ0v) is 13.8. The number of anilines is 1. The van der Waals surface area contributed by atoms with Gasteiger partial charge in [-0.15, -0.1) is 0 Å². The molecule has 0 aliphatic rings. The van der Waals surface area contributed by atoms with E-state index < -0.39 is 6.03 Å². The number of ether oxygens (including phenoxy) is 2. The van der Waals surface area contributed by atoms with Crippen LogP contribution in [-0.4, -0.2) is 19.9 Å². The van der Waals surface area contributed by atoms with Crippen LogP contribution in [0.2, 0.25) is 5.02 Å². The molecule has 2 aromatic carbocycles. The number of nitrogens with one attached hydrogen (secondary N) is 2. The van der Waals surface area contributed by atoms with E-state index in [1.165, 1.54) is 7.11 Å². The maximum atomic E-state index is 11.9. The number of halogens is 1. The molecule has 0 saturated carbocycles. The summed E-state index contributed by atoms with van der Waals surface area (Å²) in [5, 5.41) is 5.82. The van der Waals surface area contributed by atoms with Gasteiger partial charge in [0.2, 0.25) is 0 Å². The van der Waals surface area contributed by atoms with E-state index in [2.05, 4.69) is 10.6 Å². The zero-order chi connectivity index (χ0) is 16.7. The van der Waals surface area contributed by atoms with Crippen molar-refractivity contribution in [2.75, 3.05) is 19.2 Å². The molecule has 122 valence electrons. The minimum Gasteiger partial charge on any atom is -0.495 e. The van der Waals surface area contributed by atoms with Crippen molar-refractivity contribution >= 4 is 23.3 Å².